The van der Waals surface area contributed by atoms with E-state index in [-0.39, 0.29) is 0 Å². The highest BCUT2D eigenvalue weighted by Gasteiger charge is 2.39. The van der Waals surface area contributed by atoms with Crippen LogP contribution in [0.2, 0.25) is 0 Å². The molecule has 0 spiro atoms. The minimum Gasteiger partial charge on any atom is -0.480 e. The van der Waals surface area contributed by atoms with Crippen LogP contribution in [0.15, 0.2) is 0 Å². The number of hydrogen-bond donors (Lipinski definition) is 2. The van der Waals surface area contributed by atoms with E-state index in [1.807, 2.05) is 0 Å². The molecule has 19 heavy (non-hydrogen) atoms. The maximum atomic E-state index is 11.8. The van der Waals surface area contributed by atoms with Gasteiger partial charge in [-0.1, -0.05) is 0 Å². The molecule has 6 nitrogen and oxygen atoms in total. The van der Waals surface area contributed by atoms with Gasteiger partial charge in [-0.3, -0.25) is 4.79 Å². The van der Waals surface area contributed by atoms with Crippen LogP contribution in [0.3, 0.4) is 0 Å². The van der Waals surface area contributed by atoms with Gasteiger partial charge in [0, 0.05) is 18.6 Å². The van der Waals surface area contributed by atoms with E-state index in [2.05, 4.69) is 16.7 Å². The summed E-state index contributed by atoms with van der Waals surface area (Å²) in [6.45, 7) is 1.56. The number of carboxylic acids is 1. The lowest BCUT2D eigenvalue weighted by Gasteiger charge is -2.36. The Hall–Kier alpha value is -0.660. The van der Waals surface area contributed by atoms with Crippen LogP contribution in [0.25, 0.3) is 0 Å². The lowest BCUT2D eigenvalue weighted by atomic mass is 9.91. The van der Waals surface area contributed by atoms with Gasteiger partial charge in [0.15, 0.2) is 5.25 Å². The molecule has 110 valence electrons. The fourth-order valence-corrected chi connectivity index (χ4v) is 4.17. The van der Waals surface area contributed by atoms with Crippen molar-refractivity contribution in [1.82, 2.24) is 9.62 Å². The van der Waals surface area contributed by atoms with Crippen LogP contribution in [-0.4, -0.2) is 55.3 Å². The predicted octanol–water partition coefficient (Wildman–Crippen LogP) is 0.252. The lowest BCUT2D eigenvalue weighted by molar-refractivity contribution is -0.136. The van der Waals surface area contributed by atoms with E-state index in [9.17, 15) is 13.2 Å². The van der Waals surface area contributed by atoms with Gasteiger partial charge < -0.3 is 10.0 Å². The number of aliphatic carboxylic acids is 1. The van der Waals surface area contributed by atoms with E-state index < -0.39 is 21.2 Å². The van der Waals surface area contributed by atoms with Crippen molar-refractivity contribution >= 4 is 16.0 Å². The molecular formula is C12H22N2O4S. The molecule has 0 aliphatic carbocycles. The highest BCUT2D eigenvalue weighted by molar-refractivity contribution is 7.90. The second kappa shape index (κ2) is 5.38. The molecule has 2 saturated heterocycles. The SMILES string of the molecule is CC(C(=O)O)S(=O)(=O)NCC1CC2CCC(C1)N2C. The first-order chi connectivity index (χ1) is 8.81. The van der Waals surface area contributed by atoms with Crippen molar-refractivity contribution in [3.05, 3.63) is 0 Å². The minimum atomic E-state index is -3.75. The van der Waals surface area contributed by atoms with Gasteiger partial charge in [0.05, 0.1) is 0 Å². The summed E-state index contributed by atoms with van der Waals surface area (Å²) in [4.78, 5) is 13.1. The average Bonchev–Trinajstić information content (AvgIpc) is 2.58. The zero-order valence-corrected chi connectivity index (χ0v) is 12.2. The third-order valence-electron chi connectivity index (χ3n) is 4.58. The van der Waals surface area contributed by atoms with Gasteiger partial charge in [0.1, 0.15) is 0 Å². The zero-order valence-electron chi connectivity index (χ0n) is 11.4. The fourth-order valence-electron chi connectivity index (χ4n) is 3.18. The minimum absolute atomic E-state index is 0.324. The number of nitrogens with one attached hydrogen (secondary N) is 1. The molecule has 0 aromatic carbocycles. The number of nitrogens with zero attached hydrogens (tertiary/aromatic N) is 1. The van der Waals surface area contributed by atoms with Gasteiger partial charge in [0.2, 0.25) is 10.0 Å². The average molecular weight is 290 g/mol. The van der Waals surface area contributed by atoms with Crippen molar-refractivity contribution in [1.29, 1.82) is 0 Å². The molecule has 0 aromatic heterocycles. The third kappa shape index (κ3) is 3.09. The number of carbonyl (C=O) groups is 1. The summed E-state index contributed by atoms with van der Waals surface area (Å²) in [6.07, 6.45) is 4.37. The van der Waals surface area contributed by atoms with Gasteiger partial charge in [0.25, 0.3) is 0 Å². The Morgan fingerprint density at radius 2 is 1.89 bits per heavy atom. The van der Waals surface area contributed by atoms with Crippen molar-refractivity contribution in [3.63, 3.8) is 0 Å². The second-order valence-corrected chi connectivity index (χ2v) is 7.85. The lowest BCUT2D eigenvalue weighted by Crippen LogP contribution is -2.45. The number of rotatable bonds is 5. The monoisotopic (exact) mass is 290 g/mol. The van der Waals surface area contributed by atoms with Crippen molar-refractivity contribution in [2.24, 2.45) is 5.92 Å². The van der Waals surface area contributed by atoms with E-state index in [1.54, 1.807) is 0 Å². The number of fused-ring (bicyclic) bond motifs is 2. The molecule has 3 unspecified atom stereocenters. The molecule has 0 radical (unpaired) electrons. The number of sulfonamides is 1. The van der Waals surface area contributed by atoms with Gasteiger partial charge >= 0.3 is 5.97 Å². The molecule has 2 N–H and O–H groups in total. The summed E-state index contributed by atoms with van der Waals surface area (Å²) in [7, 11) is -1.62. The first-order valence-electron chi connectivity index (χ1n) is 6.74. The van der Waals surface area contributed by atoms with Crippen molar-refractivity contribution in [3.8, 4) is 0 Å². The van der Waals surface area contributed by atoms with Gasteiger partial charge in [-0.15, -0.1) is 0 Å². The van der Waals surface area contributed by atoms with Crippen LogP contribution in [0.1, 0.15) is 32.6 Å². The van der Waals surface area contributed by atoms with Crippen LogP contribution in [0, 0.1) is 5.92 Å². The molecule has 2 aliphatic heterocycles. The van der Waals surface area contributed by atoms with Crippen molar-refractivity contribution < 1.29 is 18.3 Å². The van der Waals surface area contributed by atoms with Crippen LogP contribution in [0.5, 0.6) is 0 Å². The Bertz CT molecular complexity index is 437. The molecule has 2 aliphatic rings. The summed E-state index contributed by atoms with van der Waals surface area (Å²) in [5.74, 6) is -0.986. The Labute approximate surface area is 114 Å². The quantitative estimate of drug-likeness (QED) is 0.758. The van der Waals surface area contributed by atoms with E-state index >= 15 is 0 Å². The summed E-state index contributed by atoms with van der Waals surface area (Å²) < 4.78 is 26.0. The summed E-state index contributed by atoms with van der Waals surface area (Å²) >= 11 is 0. The standard InChI is InChI=1S/C12H22N2O4S/c1-8(12(15)16)19(17,18)13-7-9-5-10-3-4-11(6-9)14(10)2/h8-11,13H,3-7H2,1-2H3,(H,15,16). The summed E-state index contributed by atoms with van der Waals surface area (Å²) in [5.41, 5.74) is 0. The molecule has 2 fully saturated rings. The van der Waals surface area contributed by atoms with Crippen LogP contribution >= 0.6 is 0 Å². The molecule has 3 atom stereocenters. The van der Waals surface area contributed by atoms with E-state index in [4.69, 9.17) is 5.11 Å². The topological polar surface area (TPSA) is 86.7 Å². The van der Waals surface area contributed by atoms with E-state index in [0.29, 0.717) is 24.5 Å². The Kier molecular flexibility index (Phi) is 4.17. The van der Waals surface area contributed by atoms with Crippen molar-refractivity contribution in [2.45, 2.75) is 49.9 Å². The fraction of sp³-hybridized carbons (Fsp3) is 0.917. The Balaban J connectivity index is 1.88. The maximum absolute atomic E-state index is 11.8. The van der Waals surface area contributed by atoms with Crippen LogP contribution in [-0.2, 0) is 14.8 Å². The molecule has 7 heteroatoms. The molecule has 0 amide bonds. The molecule has 0 saturated carbocycles. The van der Waals surface area contributed by atoms with Crippen LogP contribution in [0.4, 0.5) is 0 Å². The van der Waals surface area contributed by atoms with Gasteiger partial charge in [-0.2, -0.15) is 0 Å². The Morgan fingerprint density at radius 1 is 1.37 bits per heavy atom. The highest BCUT2D eigenvalue weighted by atomic mass is 32.2. The first-order valence-corrected chi connectivity index (χ1v) is 8.29. The predicted molar refractivity (Wildman–Crippen MR) is 71.3 cm³/mol. The highest BCUT2D eigenvalue weighted by Crippen LogP contribution is 2.37. The van der Waals surface area contributed by atoms with E-state index in [1.165, 1.54) is 19.8 Å². The molecule has 2 heterocycles. The zero-order chi connectivity index (χ0) is 14.2. The maximum Gasteiger partial charge on any atom is 0.323 e. The summed E-state index contributed by atoms with van der Waals surface area (Å²) in [6, 6.07) is 1.12. The smallest absolute Gasteiger partial charge is 0.323 e. The Morgan fingerprint density at radius 3 is 2.37 bits per heavy atom. The summed E-state index contributed by atoms with van der Waals surface area (Å²) in [5, 5.41) is 7.36. The molecular weight excluding hydrogens is 268 g/mol. The number of hydrogen-bond acceptors (Lipinski definition) is 4. The normalized spacial score (nSPS) is 33.3. The van der Waals surface area contributed by atoms with Gasteiger partial charge in [-0.05, 0) is 45.6 Å². The largest absolute Gasteiger partial charge is 0.480 e. The first kappa shape index (κ1) is 14.7. The third-order valence-corrected chi connectivity index (χ3v) is 6.28. The van der Waals surface area contributed by atoms with Gasteiger partial charge in [-0.25, -0.2) is 13.1 Å². The number of carboxylic acid groups (broad SMARTS) is 1. The number of piperidine rings is 1. The van der Waals surface area contributed by atoms with E-state index in [0.717, 1.165) is 12.8 Å². The second-order valence-electron chi connectivity index (χ2n) is 5.76. The molecule has 0 aromatic rings. The molecule has 2 bridgehead atoms. The molecule has 2 rings (SSSR count). The van der Waals surface area contributed by atoms with Crippen LogP contribution < -0.4 is 4.72 Å². The van der Waals surface area contributed by atoms with Crippen molar-refractivity contribution in [2.75, 3.05) is 13.6 Å².